The first kappa shape index (κ1) is 26.3. The largest absolute Gasteiger partial charge is 0.494 e. The third-order valence-electron chi connectivity index (χ3n) is 5.57. The van der Waals surface area contributed by atoms with E-state index < -0.39 is 30.5 Å². The van der Waals surface area contributed by atoms with E-state index in [-0.39, 0.29) is 58.0 Å². The molecule has 37 heavy (non-hydrogen) atoms. The fourth-order valence-corrected chi connectivity index (χ4v) is 4.46. The minimum Gasteiger partial charge on any atom is -0.494 e. The molecule has 0 spiro atoms. The number of aromatic hydroxyl groups is 2. The summed E-state index contributed by atoms with van der Waals surface area (Å²) in [6.07, 6.45) is -4.70. The number of halogens is 4. The van der Waals surface area contributed by atoms with Gasteiger partial charge in [0.1, 0.15) is 11.5 Å². The van der Waals surface area contributed by atoms with Crippen molar-refractivity contribution in [1.29, 1.82) is 0 Å². The maximum atomic E-state index is 13.1. The van der Waals surface area contributed by atoms with E-state index in [0.717, 1.165) is 4.57 Å². The number of hydrogen-bond donors (Lipinski definition) is 2. The zero-order valence-electron chi connectivity index (χ0n) is 19.9. The number of nitrogens with zero attached hydrogens (tertiary/aromatic N) is 1. The molecule has 0 saturated heterocycles. The van der Waals surface area contributed by atoms with Gasteiger partial charge in [0.25, 0.3) is 0 Å². The van der Waals surface area contributed by atoms with Crippen LogP contribution in [0.1, 0.15) is 19.4 Å². The van der Waals surface area contributed by atoms with Crippen LogP contribution in [0.5, 0.6) is 23.3 Å². The highest BCUT2D eigenvalue weighted by atomic mass is 35.5. The molecule has 0 aliphatic carbocycles. The number of carbonyl (C=O) groups is 1. The monoisotopic (exact) mass is 537 g/mol. The van der Waals surface area contributed by atoms with Gasteiger partial charge in [0.15, 0.2) is 6.61 Å². The first-order valence-corrected chi connectivity index (χ1v) is 11.7. The molecule has 3 aromatic carbocycles. The summed E-state index contributed by atoms with van der Waals surface area (Å²) in [5.74, 6) is -1.68. The van der Waals surface area contributed by atoms with Gasteiger partial charge in [-0.3, -0.25) is 4.79 Å². The Kier molecular flexibility index (Phi) is 7.31. The van der Waals surface area contributed by atoms with E-state index in [0.29, 0.717) is 10.9 Å². The smallest absolute Gasteiger partial charge is 0.422 e. The molecule has 0 amide bonds. The number of hydrogen-bond acceptors (Lipinski definition) is 6. The molecular weight excluding hydrogens is 515 g/mol. The van der Waals surface area contributed by atoms with Gasteiger partial charge in [-0.25, -0.2) is 4.57 Å². The van der Waals surface area contributed by atoms with Crippen molar-refractivity contribution in [3.05, 3.63) is 53.1 Å². The van der Waals surface area contributed by atoms with Crippen molar-refractivity contribution in [3.63, 3.8) is 0 Å². The SMILES string of the molecule is CCOC(=O)Cc1ccc(-n2c(O)c3c(OCC)c4ccccc4c(OCC(F)(F)F)c3c2O)c(Cl)c1. The quantitative estimate of drug-likeness (QED) is 0.257. The van der Waals surface area contributed by atoms with Crippen LogP contribution in [0.3, 0.4) is 0 Å². The Morgan fingerprint density at radius 3 is 2.05 bits per heavy atom. The first-order chi connectivity index (χ1) is 17.6. The second-order valence-corrected chi connectivity index (χ2v) is 8.45. The molecule has 7 nitrogen and oxygen atoms in total. The van der Waals surface area contributed by atoms with Crippen molar-refractivity contribution < 1.29 is 42.4 Å². The van der Waals surface area contributed by atoms with Crippen LogP contribution in [0, 0.1) is 0 Å². The lowest BCUT2D eigenvalue weighted by atomic mass is 10.0. The van der Waals surface area contributed by atoms with Crippen LogP contribution < -0.4 is 9.47 Å². The molecule has 2 N–H and O–H groups in total. The van der Waals surface area contributed by atoms with Crippen LogP contribution in [-0.4, -0.2) is 46.7 Å². The van der Waals surface area contributed by atoms with Gasteiger partial charge in [0.2, 0.25) is 11.8 Å². The lowest BCUT2D eigenvalue weighted by molar-refractivity contribution is -0.153. The van der Waals surface area contributed by atoms with Gasteiger partial charge in [-0.15, -0.1) is 0 Å². The van der Waals surface area contributed by atoms with Crippen LogP contribution in [0.4, 0.5) is 13.2 Å². The van der Waals surface area contributed by atoms with Crippen LogP contribution in [0.15, 0.2) is 42.5 Å². The molecule has 0 radical (unpaired) electrons. The highest BCUT2D eigenvalue weighted by molar-refractivity contribution is 6.32. The highest BCUT2D eigenvalue weighted by Gasteiger charge is 2.32. The summed E-state index contributed by atoms with van der Waals surface area (Å²) in [5, 5.41) is 23.0. The molecular formula is C26H23ClF3NO6. The van der Waals surface area contributed by atoms with Gasteiger partial charge in [0.05, 0.1) is 41.1 Å². The normalized spacial score (nSPS) is 11.7. The van der Waals surface area contributed by atoms with Crippen LogP contribution in [-0.2, 0) is 16.0 Å². The average molecular weight is 538 g/mol. The van der Waals surface area contributed by atoms with E-state index in [1.165, 1.54) is 18.2 Å². The van der Waals surface area contributed by atoms with Gasteiger partial charge < -0.3 is 24.4 Å². The second kappa shape index (κ2) is 10.3. The fourth-order valence-electron chi connectivity index (χ4n) is 4.17. The number of rotatable bonds is 8. The number of aromatic nitrogens is 1. The lowest BCUT2D eigenvalue weighted by Gasteiger charge is -2.16. The van der Waals surface area contributed by atoms with Gasteiger partial charge >= 0.3 is 12.1 Å². The van der Waals surface area contributed by atoms with E-state index in [1.807, 2.05) is 0 Å². The predicted molar refractivity (Wildman–Crippen MR) is 132 cm³/mol. The number of carbonyl (C=O) groups excluding carboxylic acids is 1. The van der Waals surface area contributed by atoms with E-state index in [2.05, 4.69) is 0 Å². The molecule has 0 unspecified atom stereocenters. The van der Waals surface area contributed by atoms with Crippen LogP contribution in [0.25, 0.3) is 27.2 Å². The van der Waals surface area contributed by atoms with Crippen LogP contribution in [0.2, 0.25) is 5.02 Å². The molecule has 0 fully saturated rings. The number of alkyl halides is 3. The molecule has 1 aromatic heterocycles. The Morgan fingerprint density at radius 1 is 0.946 bits per heavy atom. The standard InChI is InChI=1S/C26H23ClF3NO6/c1-3-35-19(32)12-14-9-10-18(17(27)11-14)31-24(33)20-21(25(31)34)23(37-13-26(28,29)30)16-8-6-5-7-15(16)22(20)36-4-2/h5-11,33-34H,3-4,12-13H2,1-2H3. The maximum Gasteiger partial charge on any atom is 0.422 e. The van der Waals surface area contributed by atoms with Crippen molar-refractivity contribution >= 4 is 39.1 Å². The average Bonchev–Trinajstić information content (AvgIpc) is 3.08. The number of fused-ring (bicyclic) bond motifs is 2. The van der Waals surface area contributed by atoms with Crippen molar-refractivity contribution in [1.82, 2.24) is 4.57 Å². The van der Waals surface area contributed by atoms with E-state index in [1.54, 1.807) is 38.1 Å². The molecule has 4 aromatic rings. The van der Waals surface area contributed by atoms with Crippen molar-refractivity contribution in [2.45, 2.75) is 26.4 Å². The molecule has 1 heterocycles. The molecule has 11 heteroatoms. The zero-order valence-corrected chi connectivity index (χ0v) is 20.6. The van der Waals surface area contributed by atoms with Crippen molar-refractivity contribution in [2.75, 3.05) is 19.8 Å². The third-order valence-corrected chi connectivity index (χ3v) is 5.87. The first-order valence-electron chi connectivity index (χ1n) is 11.3. The zero-order chi connectivity index (χ0) is 26.9. The van der Waals surface area contributed by atoms with Crippen molar-refractivity contribution in [3.8, 4) is 28.9 Å². The Labute approximate surface area is 214 Å². The summed E-state index contributed by atoms with van der Waals surface area (Å²) in [7, 11) is 0. The Balaban J connectivity index is 1.98. The summed E-state index contributed by atoms with van der Waals surface area (Å²) in [6, 6.07) is 10.9. The summed E-state index contributed by atoms with van der Waals surface area (Å²) in [5.41, 5.74) is 0.645. The molecule has 0 aliphatic heterocycles. The van der Waals surface area contributed by atoms with Gasteiger partial charge in [-0.05, 0) is 31.5 Å². The summed E-state index contributed by atoms with van der Waals surface area (Å²) in [4.78, 5) is 11.8. The summed E-state index contributed by atoms with van der Waals surface area (Å²) in [6.45, 7) is 2.17. The lowest BCUT2D eigenvalue weighted by Crippen LogP contribution is -2.19. The number of esters is 1. The van der Waals surface area contributed by atoms with E-state index >= 15 is 0 Å². The number of benzene rings is 3. The minimum atomic E-state index is -4.65. The van der Waals surface area contributed by atoms with E-state index in [9.17, 15) is 28.2 Å². The van der Waals surface area contributed by atoms with Crippen molar-refractivity contribution in [2.24, 2.45) is 0 Å². The Hall–Kier alpha value is -3.79. The molecule has 0 atom stereocenters. The van der Waals surface area contributed by atoms with E-state index in [4.69, 9.17) is 25.8 Å². The van der Waals surface area contributed by atoms with Gasteiger partial charge in [0, 0.05) is 10.8 Å². The highest BCUT2D eigenvalue weighted by Crippen LogP contribution is 2.53. The Morgan fingerprint density at radius 2 is 1.54 bits per heavy atom. The molecule has 196 valence electrons. The predicted octanol–water partition coefficient (Wildman–Crippen LogP) is 6.29. The summed E-state index contributed by atoms with van der Waals surface area (Å²) < 4.78 is 56.2. The van der Waals surface area contributed by atoms with Crippen LogP contribution >= 0.6 is 11.6 Å². The second-order valence-electron chi connectivity index (χ2n) is 8.04. The third kappa shape index (κ3) is 5.06. The molecule has 0 aliphatic rings. The molecule has 4 rings (SSSR count). The minimum absolute atomic E-state index is 0.0399. The van der Waals surface area contributed by atoms with Gasteiger partial charge in [-0.1, -0.05) is 41.9 Å². The Bertz CT molecular complexity index is 1480. The summed E-state index contributed by atoms with van der Waals surface area (Å²) >= 11 is 6.46. The molecule has 0 bridgehead atoms. The fraction of sp³-hybridized carbons (Fsp3) is 0.269. The molecule has 0 saturated carbocycles. The maximum absolute atomic E-state index is 13.1. The topological polar surface area (TPSA) is 90.2 Å². The van der Waals surface area contributed by atoms with Gasteiger partial charge in [-0.2, -0.15) is 13.2 Å². The number of ether oxygens (including phenoxy) is 3.